The molecule has 24 heavy (non-hydrogen) atoms. The van der Waals surface area contributed by atoms with Crippen molar-refractivity contribution in [3.63, 3.8) is 0 Å². The van der Waals surface area contributed by atoms with Gasteiger partial charge in [0.1, 0.15) is 5.84 Å². The maximum absolute atomic E-state index is 13.9. The van der Waals surface area contributed by atoms with Crippen molar-refractivity contribution in [2.45, 2.75) is 31.1 Å². The molecule has 0 amide bonds. The molecule has 1 aromatic carbocycles. The SMILES string of the molecule is N=C(N)N1CCC(F)(F)C1C(N)=NCc1cccc(C(F)(F)F)c1. The minimum atomic E-state index is -4.50. The van der Waals surface area contributed by atoms with Gasteiger partial charge in [-0.25, -0.2) is 8.78 Å². The molecule has 0 radical (unpaired) electrons. The highest BCUT2D eigenvalue weighted by Gasteiger charge is 2.51. The lowest BCUT2D eigenvalue weighted by molar-refractivity contribution is -0.137. The summed E-state index contributed by atoms with van der Waals surface area (Å²) in [4.78, 5) is 4.70. The van der Waals surface area contributed by atoms with E-state index >= 15 is 0 Å². The molecular formula is C14H16F5N5. The Hall–Kier alpha value is -2.39. The van der Waals surface area contributed by atoms with Gasteiger partial charge in [-0.15, -0.1) is 0 Å². The summed E-state index contributed by atoms with van der Waals surface area (Å²) in [6.07, 6.45) is -5.04. The zero-order chi connectivity index (χ0) is 18.1. The van der Waals surface area contributed by atoms with Crippen LogP contribution in [0.15, 0.2) is 29.3 Å². The maximum atomic E-state index is 13.9. The summed E-state index contributed by atoms with van der Waals surface area (Å²) in [7, 11) is 0. The van der Waals surface area contributed by atoms with Crippen LogP contribution in [0, 0.1) is 5.41 Å². The second-order valence-corrected chi connectivity index (χ2v) is 5.43. The van der Waals surface area contributed by atoms with Gasteiger partial charge in [-0.1, -0.05) is 12.1 Å². The number of likely N-dealkylation sites (tertiary alicyclic amines) is 1. The summed E-state index contributed by atoms with van der Waals surface area (Å²) in [6, 6.07) is 2.71. The first-order valence-corrected chi connectivity index (χ1v) is 6.97. The van der Waals surface area contributed by atoms with Crippen molar-refractivity contribution in [3.05, 3.63) is 35.4 Å². The van der Waals surface area contributed by atoms with Crippen LogP contribution in [0.3, 0.4) is 0 Å². The van der Waals surface area contributed by atoms with E-state index in [2.05, 4.69) is 4.99 Å². The molecule has 1 aliphatic rings. The van der Waals surface area contributed by atoms with E-state index in [-0.39, 0.29) is 18.7 Å². The van der Waals surface area contributed by atoms with Crippen molar-refractivity contribution in [2.75, 3.05) is 6.54 Å². The summed E-state index contributed by atoms with van der Waals surface area (Å²) < 4.78 is 65.8. The van der Waals surface area contributed by atoms with Crippen LogP contribution >= 0.6 is 0 Å². The number of amidine groups is 1. The number of halogens is 5. The number of hydrogen-bond donors (Lipinski definition) is 3. The predicted octanol–water partition coefficient (Wildman–Crippen LogP) is 2.17. The number of rotatable bonds is 3. The Bertz CT molecular complexity index is 655. The monoisotopic (exact) mass is 349 g/mol. The number of hydrogen-bond acceptors (Lipinski definition) is 2. The minimum absolute atomic E-state index is 0.146. The molecule has 0 aromatic heterocycles. The molecule has 5 nitrogen and oxygen atoms in total. The molecule has 1 aromatic rings. The maximum Gasteiger partial charge on any atom is 0.416 e. The van der Waals surface area contributed by atoms with Gasteiger partial charge in [0.15, 0.2) is 12.0 Å². The second kappa shape index (κ2) is 6.25. The first kappa shape index (κ1) is 18.0. The third-order valence-electron chi connectivity index (χ3n) is 3.69. The third-order valence-corrected chi connectivity index (χ3v) is 3.69. The Labute approximate surface area is 134 Å². The first-order chi connectivity index (χ1) is 11.0. The molecule has 1 atom stereocenters. The summed E-state index contributed by atoms with van der Waals surface area (Å²) in [5, 5.41) is 7.32. The lowest BCUT2D eigenvalue weighted by Gasteiger charge is -2.27. The fraction of sp³-hybridized carbons (Fsp3) is 0.429. The fourth-order valence-electron chi connectivity index (χ4n) is 2.51. The summed E-state index contributed by atoms with van der Waals surface area (Å²) in [5.74, 6) is -4.24. The minimum Gasteiger partial charge on any atom is -0.386 e. The summed E-state index contributed by atoms with van der Waals surface area (Å²) in [5.41, 5.74) is 10.2. The molecule has 0 bridgehead atoms. The molecule has 132 valence electrons. The van der Waals surface area contributed by atoms with Gasteiger partial charge in [0.05, 0.1) is 12.1 Å². The molecule has 5 N–H and O–H groups in total. The van der Waals surface area contributed by atoms with Crippen molar-refractivity contribution in [1.29, 1.82) is 5.41 Å². The number of guanidine groups is 1. The highest BCUT2D eigenvalue weighted by molar-refractivity contribution is 5.91. The third kappa shape index (κ3) is 3.74. The number of nitrogens with zero attached hydrogens (tertiary/aromatic N) is 2. The lowest BCUT2D eigenvalue weighted by Crippen LogP contribution is -2.52. The van der Waals surface area contributed by atoms with Crippen molar-refractivity contribution < 1.29 is 22.0 Å². The van der Waals surface area contributed by atoms with Gasteiger partial charge in [-0.05, 0) is 17.7 Å². The van der Waals surface area contributed by atoms with E-state index in [1.54, 1.807) is 0 Å². The van der Waals surface area contributed by atoms with E-state index in [1.165, 1.54) is 12.1 Å². The highest BCUT2D eigenvalue weighted by Crippen LogP contribution is 2.34. The van der Waals surface area contributed by atoms with Crippen LogP contribution in [0.4, 0.5) is 22.0 Å². The van der Waals surface area contributed by atoms with Crippen LogP contribution < -0.4 is 11.5 Å². The topological polar surface area (TPSA) is 91.5 Å². The number of benzene rings is 1. The molecule has 0 saturated carbocycles. The zero-order valence-corrected chi connectivity index (χ0v) is 12.4. The largest absolute Gasteiger partial charge is 0.416 e. The number of nitrogens with one attached hydrogen (secondary N) is 1. The average Bonchev–Trinajstić information content (AvgIpc) is 2.80. The lowest BCUT2D eigenvalue weighted by atomic mass is 10.1. The molecule has 1 aliphatic heterocycles. The van der Waals surface area contributed by atoms with Crippen LogP contribution in [0.2, 0.25) is 0 Å². The van der Waals surface area contributed by atoms with E-state index in [0.717, 1.165) is 17.0 Å². The highest BCUT2D eigenvalue weighted by atomic mass is 19.4. The van der Waals surface area contributed by atoms with Crippen molar-refractivity contribution >= 4 is 11.8 Å². The van der Waals surface area contributed by atoms with Crippen LogP contribution in [0.5, 0.6) is 0 Å². The predicted molar refractivity (Wildman–Crippen MR) is 78.7 cm³/mol. The Morgan fingerprint density at radius 1 is 1.33 bits per heavy atom. The molecular weight excluding hydrogens is 333 g/mol. The summed E-state index contributed by atoms with van der Waals surface area (Å²) >= 11 is 0. The molecule has 1 heterocycles. The van der Waals surface area contributed by atoms with E-state index < -0.39 is 41.9 Å². The Kier molecular flexibility index (Phi) is 4.68. The van der Waals surface area contributed by atoms with Crippen LogP contribution in [-0.2, 0) is 12.7 Å². The van der Waals surface area contributed by atoms with E-state index in [9.17, 15) is 22.0 Å². The van der Waals surface area contributed by atoms with Crippen LogP contribution in [0.25, 0.3) is 0 Å². The van der Waals surface area contributed by atoms with Gasteiger partial charge in [0, 0.05) is 13.0 Å². The van der Waals surface area contributed by atoms with Gasteiger partial charge in [-0.2, -0.15) is 13.2 Å². The van der Waals surface area contributed by atoms with Crippen LogP contribution in [0.1, 0.15) is 17.5 Å². The zero-order valence-electron chi connectivity index (χ0n) is 12.4. The average molecular weight is 349 g/mol. The molecule has 1 saturated heterocycles. The van der Waals surface area contributed by atoms with E-state index in [4.69, 9.17) is 16.9 Å². The molecule has 10 heteroatoms. The smallest absolute Gasteiger partial charge is 0.386 e. The fourth-order valence-corrected chi connectivity index (χ4v) is 2.51. The van der Waals surface area contributed by atoms with Gasteiger partial charge in [0.25, 0.3) is 5.92 Å². The van der Waals surface area contributed by atoms with E-state index in [0.29, 0.717) is 0 Å². The summed E-state index contributed by atoms with van der Waals surface area (Å²) in [6.45, 7) is -0.430. The Morgan fingerprint density at radius 3 is 2.58 bits per heavy atom. The van der Waals surface area contributed by atoms with Gasteiger partial charge in [-0.3, -0.25) is 10.4 Å². The molecule has 0 aliphatic carbocycles. The number of nitrogens with two attached hydrogens (primary N) is 2. The Balaban J connectivity index is 2.21. The molecule has 1 unspecified atom stereocenters. The van der Waals surface area contributed by atoms with Crippen LogP contribution in [-0.4, -0.2) is 35.2 Å². The van der Waals surface area contributed by atoms with Crippen molar-refractivity contribution in [1.82, 2.24) is 4.90 Å². The molecule has 0 spiro atoms. The number of alkyl halides is 5. The standard InChI is InChI=1S/C14H16F5N5/c15-13(16)4-5-24(12(21)22)10(13)11(20)23-7-8-2-1-3-9(6-8)14(17,18)19/h1-3,6,10H,4-5,7H2,(H2,20,23)(H3,21,22). The number of aliphatic imine (C=N–C) groups is 1. The quantitative estimate of drug-likeness (QED) is 0.444. The van der Waals surface area contributed by atoms with Gasteiger partial charge in [0.2, 0.25) is 0 Å². The normalized spacial score (nSPS) is 21.1. The molecule has 2 rings (SSSR count). The van der Waals surface area contributed by atoms with Crippen molar-refractivity contribution in [2.24, 2.45) is 16.5 Å². The van der Waals surface area contributed by atoms with Gasteiger partial charge < -0.3 is 16.4 Å². The Morgan fingerprint density at radius 2 is 2.00 bits per heavy atom. The van der Waals surface area contributed by atoms with Gasteiger partial charge >= 0.3 is 6.18 Å². The van der Waals surface area contributed by atoms with Crippen molar-refractivity contribution in [3.8, 4) is 0 Å². The first-order valence-electron chi connectivity index (χ1n) is 6.97. The molecule has 1 fully saturated rings. The van der Waals surface area contributed by atoms with E-state index in [1.807, 2.05) is 0 Å². The second-order valence-electron chi connectivity index (χ2n) is 5.43.